The third kappa shape index (κ3) is 8.88. The van der Waals surface area contributed by atoms with Crippen molar-refractivity contribution in [1.29, 1.82) is 0 Å². The summed E-state index contributed by atoms with van der Waals surface area (Å²) >= 11 is 0. The number of nitrogens with one attached hydrogen (secondary N) is 2. The lowest BCUT2D eigenvalue weighted by molar-refractivity contribution is 0.228. The Bertz CT molecular complexity index is 918. The van der Waals surface area contributed by atoms with Crippen molar-refractivity contribution in [1.82, 2.24) is 10.6 Å². The molecule has 0 radical (unpaired) electrons. The molecular weight excluding hydrogens is 515 g/mol. The fourth-order valence-electron chi connectivity index (χ4n) is 2.68. The summed E-state index contributed by atoms with van der Waals surface area (Å²) < 4.78 is 28.6. The predicted molar refractivity (Wildman–Crippen MR) is 132 cm³/mol. The molecule has 1 atom stereocenters. The number of rotatable bonds is 9. The Hall–Kier alpha value is -1.85. The van der Waals surface area contributed by atoms with Gasteiger partial charge in [0.2, 0.25) is 10.0 Å². The van der Waals surface area contributed by atoms with Crippen molar-refractivity contribution in [3.63, 3.8) is 0 Å². The summed E-state index contributed by atoms with van der Waals surface area (Å²) in [5.41, 5.74) is 2.11. The van der Waals surface area contributed by atoms with E-state index in [1.807, 2.05) is 45.0 Å². The van der Waals surface area contributed by atoms with E-state index in [-0.39, 0.29) is 35.0 Å². The molecule has 0 aromatic heterocycles. The molecule has 0 amide bonds. The second-order valence-corrected chi connectivity index (χ2v) is 8.34. The first-order chi connectivity index (χ1) is 13.8. The van der Waals surface area contributed by atoms with E-state index < -0.39 is 10.0 Å². The summed E-state index contributed by atoms with van der Waals surface area (Å²) in [6.45, 7) is 7.96. The van der Waals surface area contributed by atoms with Gasteiger partial charge in [0.25, 0.3) is 0 Å². The average molecular weight is 546 g/mol. The highest BCUT2D eigenvalue weighted by molar-refractivity contribution is 14.0. The molecule has 0 aliphatic carbocycles. The van der Waals surface area contributed by atoms with E-state index in [2.05, 4.69) is 15.6 Å². The summed E-state index contributed by atoms with van der Waals surface area (Å²) in [6, 6.07) is 14.5. The Morgan fingerprint density at radius 2 is 1.80 bits per heavy atom. The van der Waals surface area contributed by atoms with Crippen molar-refractivity contribution in [3.8, 4) is 5.75 Å². The number of benzene rings is 2. The number of sulfonamides is 1. The first kappa shape index (κ1) is 26.2. The molecule has 2 aromatic carbocycles. The van der Waals surface area contributed by atoms with Gasteiger partial charge in [-0.15, -0.1) is 24.0 Å². The van der Waals surface area contributed by atoms with Gasteiger partial charge in [-0.25, -0.2) is 18.5 Å². The highest BCUT2D eigenvalue weighted by Gasteiger charge is 2.08. The van der Waals surface area contributed by atoms with Gasteiger partial charge in [0.05, 0.1) is 11.4 Å². The van der Waals surface area contributed by atoms with Crippen molar-refractivity contribution in [2.45, 2.75) is 38.2 Å². The number of para-hydroxylation sites is 1. The fraction of sp³-hybridized carbons (Fsp3) is 0.381. The summed E-state index contributed by atoms with van der Waals surface area (Å²) in [5, 5.41) is 11.6. The lowest BCUT2D eigenvalue weighted by Gasteiger charge is -2.16. The smallest absolute Gasteiger partial charge is 0.238 e. The SMILES string of the molecule is CCNC(=NCC(C)Oc1ccccc1C)NCCc1ccc(S(N)(=O)=O)cc1.I. The van der Waals surface area contributed by atoms with Gasteiger partial charge in [0, 0.05) is 13.1 Å². The molecule has 0 aliphatic heterocycles. The monoisotopic (exact) mass is 546 g/mol. The first-order valence-corrected chi connectivity index (χ1v) is 11.2. The average Bonchev–Trinajstić information content (AvgIpc) is 2.67. The van der Waals surface area contributed by atoms with Crippen LogP contribution in [0.3, 0.4) is 0 Å². The maximum atomic E-state index is 11.3. The molecule has 4 N–H and O–H groups in total. The standard InChI is InChI=1S/C21H30N4O3S.HI/c1-4-23-21(25-15-17(3)28-20-8-6-5-7-16(20)2)24-14-13-18-9-11-19(12-10-18)29(22,26)27;/h5-12,17H,4,13-15H2,1-3H3,(H2,22,26,27)(H2,23,24,25);1H. The zero-order chi connectivity index (χ0) is 21.3. The Morgan fingerprint density at radius 3 is 2.40 bits per heavy atom. The van der Waals surface area contributed by atoms with E-state index in [0.29, 0.717) is 19.0 Å². The third-order valence-corrected chi connectivity index (χ3v) is 5.16. The summed E-state index contributed by atoms with van der Waals surface area (Å²) in [5.74, 6) is 1.59. The molecule has 0 fully saturated rings. The van der Waals surface area contributed by atoms with Gasteiger partial charge in [0.1, 0.15) is 11.9 Å². The maximum absolute atomic E-state index is 11.3. The minimum Gasteiger partial charge on any atom is -0.489 e. The van der Waals surface area contributed by atoms with Crippen LogP contribution in [0.1, 0.15) is 25.0 Å². The molecule has 1 unspecified atom stereocenters. The minimum atomic E-state index is -3.66. The second kappa shape index (κ2) is 12.8. The van der Waals surface area contributed by atoms with Crippen LogP contribution in [0.5, 0.6) is 5.75 Å². The number of hydrogen-bond acceptors (Lipinski definition) is 4. The first-order valence-electron chi connectivity index (χ1n) is 9.65. The molecule has 2 aromatic rings. The molecule has 7 nitrogen and oxygen atoms in total. The molecule has 9 heteroatoms. The Kier molecular flexibility index (Phi) is 11.1. The number of ether oxygens (including phenoxy) is 1. The van der Waals surface area contributed by atoms with Crippen LogP contribution in [-0.2, 0) is 16.4 Å². The van der Waals surface area contributed by atoms with Gasteiger partial charge in [0.15, 0.2) is 5.96 Å². The van der Waals surface area contributed by atoms with Gasteiger partial charge in [-0.05, 0) is 56.5 Å². The number of hydrogen-bond donors (Lipinski definition) is 3. The highest BCUT2D eigenvalue weighted by atomic mass is 127. The molecule has 0 saturated heterocycles. The van der Waals surface area contributed by atoms with E-state index >= 15 is 0 Å². The van der Waals surface area contributed by atoms with E-state index in [9.17, 15) is 8.42 Å². The van der Waals surface area contributed by atoms with Gasteiger partial charge in [-0.2, -0.15) is 0 Å². The quantitative estimate of drug-likeness (QED) is 0.255. The van der Waals surface area contributed by atoms with E-state index in [0.717, 1.165) is 29.8 Å². The summed E-state index contributed by atoms with van der Waals surface area (Å²) in [4.78, 5) is 4.71. The lowest BCUT2D eigenvalue weighted by atomic mass is 10.1. The maximum Gasteiger partial charge on any atom is 0.238 e. The molecule has 0 aliphatic rings. The van der Waals surface area contributed by atoms with Crippen molar-refractivity contribution in [2.24, 2.45) is 10.1 Å². The number of guanidine groups is 1. The Labute approximate surface area is 196 Å². The van der Waals surface area contributed by atoms with Crippen molar-refractivity contribution < 1.29 is 13.2 Å². The second-order valence-electron chi connectivity index (χ2n) is 6.78. The number of aliphatic imine (C=N–C) groups is 1. The van der Waals surface area contributed by atoms with Crippen molar-refractivity contribution in [3.05, 3.63) is 59.7 Å². The largest absolute Gasteiger partial charge is 0.489 e. The van der Waals surface area contributed by atoms with E-state index in [1.54, 1.807) is 12.1 Å². The molecule has 0 heterocycles. The number of nitrogens with two attached hydrogens (primary N) is 1. The summed E-state index contributed by atoms with van der Waals surface area (Å²) in [7, 11) is -3.66. The summed E-state index contributed by atoms with van der Waals surface area (Å²) in [6.07, 6.45) is 0.669. The topological polar surface area (TPSA) is 106 Å². The number of halogens is 1. The molecule has 30 heavy (non-hydrogen) atoms. The highest BCUT2D eigenvalue weighted by Crippen LogP contribution is 2.17. The molecular formula is C21H31IN4O3S. The van der Waals surface area contributed by atoms with E-state index in [4.69, 9.17) is 9.88 Å². The van der Waals surface area contributed by atoms with Gasteiger partial charge >= 0.3 is 0 Å². The predicted octanol–water partition coefficient (Wildman–Crippen LogP) is 2.83. The van der Waals surface area contributed by atoms with Crippen LogP contribution in [0.2, 0.25) is 0 Å². The van der Waals surface area contributed by atoms with Crippen molar-refractivity contribution >= 4 is 40.0 Å². The zero-order valence-electron chi connectivity index (χ0n) is 17.6. The van der Waals surface area contributed by atoms with Crippen LogP contribution >= 0.6 is 24.0 Å². The van der Waals surface area contributed by atoms with Gasteiger partial charge in [-0.1, -0.05) is 30.3 Å². The number of aryl methyl sites for hydroxylation is 1. The van der Waals surface area contributed by atoms with Gasteiger partial charge < -0.3 is 15.4 Å². The van der Waals surface area contributed by atoms with Crippen LogP contribution in [0.25, 0.3) is 0 Å². The zero-order valence-corrected chi connectivity index (χ0v) is 20.7. The van der Waals surface area contributed by atoms with Crippen molar-refractivity contribution in [2.75, 3.05) is 19.6 Å². The fourth-order valence-corrected chi connectivity index (χ4v) is 3.19. The van der Waals surface area contributed by atoms with Crippen LogP contribution in [0.15, 0.2) is 58.4 Å². The normalized spacial score (nSPS) is 12.6. The van der Waals surface area contributed by atoms with Crippen LogP contribution in [0.4, 0.5) is 0 Å². The third-order valence-electron chi connectivity index (χ3n) is 4.23. The lowest BCUT2D eigenvalue weighted by Crippen LogP contribution is -2.39. The molecule has 2 rings (SSSR count). The number of nitrogens with zero attached hydrogens (tertiary/aromatic N) is 1. The van der Waals surface area contributed by atoms with E-state index in [1.165, 1.54) is 12.1 Å². The number of primary sulfonamides is 1. The molecule has 0 saturated carbocycles. The molecule has 166 valence electrons. The van der Waals surface area contributed by atoms with Crippen LogP contribution in [0, 0.1) is 6.92 Å². The van der Waals surface area contributed by atoms with Crippen LogP contribution in [-0.4, -0.2) is 40.1 Å². The molecule has 0 spiro atoms. The Morgan fingerprint density at radius 1 is 1.13 bits per heavy atom. The van der Waals surface area contributed by atoms with Gasteiger partial charge in [-0.3, -0.25) is 0 Å². The Balaban J connectivity index is 0.00000450. The van der Waals surface area contributed by atoms with Crippen LogP contribution < -0.4 is 20.5 Å². The molecule has 0 bridgehead atoms. The minimum absolute atomic E-state index is 0.